The summed E-state index contributed by atoms with van der Waals surface area (Å²) in [5.41, 5.74) is 6.39. The molecule has 0 aliphatic heterocycles. The van der Waals surface area contributed by atoms with Crippen LogP contribution in [-0.2, 0) is 4.79 Å². The van der Waals surface area contributed by atoms with E-state index in [1.165, 1.54) is 0 Å². The Morgan fingerprint density at radius 2 is 1.33 bits per heavy atom. The number of hydrogen-bond donors (Lipinski definition) is 4. The number of carboxylic acid groups (broad SMARTS) is 1. The van der Waals surface area contributed by atoms with E-state index in [-0.39, 0.29) is 12.3 Å². The highest BCUT2D eigenvalue weighted by Crippen LogP contribution is 2.28. The molecule has 42 heavy (non-hydrogen) atoms. The molecule has 3 aromatic carbocycles. The number of carboxylic acids is 1. The van der Waals surface area contributed by atoms with Crippen LogP contribution in [0.15, 0.2) is 54.6 Å². The molecule has 224 valence electrons. The van der Waals surface area contributed by atoms with Gasteiger partial charge in [0.05, 0.1) is 18.4 Å². The van der Waals surface area contributed by atoms with Crippen LogP contribution in [0.25, 0.3) is 11.1 Å². The van der Waals surface area contributed by atoms with Crippen molar-refractivity contribution in [1.29, 1.82) is 0 Å². The molecule has 0 saturated carbocycles. The number of carbonyl (C=O) groups is 3. The monoisotopic (exact) mass is 573 g/mol. The summed E-state index contributed by atoms with van der Waals surface area (Å²) in [6.45, 7) is 6.46. The number of ether oxygens (including phenoxy) is 1. The predicted octanol–water partition coefficient (Wildman–Crippen LogP) is 7.87. The number of methoxy groups -OCH3 is 1. The molecule has 3 aromatic rings. The fourth-order valence-electron chi connectivity index (χ4n) is 5.04. The molecule has 8 heteroatoms. The van der Waals surface area contributed by atoms with Crippen molar-refractivity contribution in [3.8, 4) is 16.9 Å². The molecule has 0 spiro atoms. The lowest BCUT2D eigenvalue weighted by molar-refractivity contribution is -0.137. The van der Waals surface area contributed by atoms with Crippen LogP contribution in [0.4, 0.5) is 16.2 Å². The minimum atomic E-state index is -0.739. The van der Waals surface area contributed by atoms with Crippen molar-refractivity contribution in [2.75, 3.05) is 24.3 Å². The maximum absolute atomic E-state index is 13.2. The molecule has 0 radical (unpaired) electrons. The van der Waals surface area contributed by atoms with Crippen LogP contribution in [0.2, 0.25) is 0 Å². The number of urea groups is 1. The zero-order chi connectivity index (χ0) is 30.5. The van der Waals surface area contributed by atoms with Gasteiger partial charge in [-0.1, -0.05) is 68.0 Å². The van der Waals surface area contributed by atoms with Crippen LogP contribution in [0.1, 0.15) is 78.4 Å². The van der Waals surface area contributed by atoms with E-state index in [0.29, 0.717) is 17.8 Å². The van der Waals surface area contributed by atoms with Gasteiger partial charge in [-0.3, -0.25) is 9.59 Å². The highest BCUT2D eigenvalue weighted by atomic mass is 16.5. The summed E-state index contributed by atoms with van der Waals surface area (Å²) in [6, 6.07) is 16.7. The standard InChI is InChI=1S/C34H43N3O5/c1-23-20-24(2)32(25(3)21-23)37-34(41)36-30-22-27(26-13-16-28(42-4)17-14-26)15-18-29(30)33(40)35-19-11-9-7-5-6-8-10-12-31(38)39/h13-18,20-22H,5-12,19H2,1-4H3,(H,35,40)(H,38,39)(H2,36,37,41). The van der Waals surface area contributed by atoms with Gasteiger partial charge in [-0.25, -0.2) is 4.79 Å². The summed E-state index contributed by atoms with van der Waals surface area (Å²) in [4.78, 5) is 36.9. The van der Waals surface area contributed by atoms with E-state index < -0.39 is 12.0 Å². The second kappa shape index (κ2) is 16.2. The zero-order valence-electron chi connectivity index (χ0n) is 25.1. The summed E-state index contributed by atoms with van der Waals surface area (Å²) in [6.07, 6.45) is 6.85. The third kappa shape index (κ3) is 9.94. The van der Waals surface area contributed by atoms with E-state index in [1.54, 1.807) is 13.2 Å². The van der Waals surface area contributed by atoms with Crippen molar-refractivity contribution < 1.29 is 24.2 Å². The Hall–Kier alpha value is -4.33. The van der Waals surface area contributed by atoms with Gasteiger partial charge in [0, 0.05) is 18.7 Å². The predicted molar refractivity (Wildman–Crippen MR) is 169 cm³/mol. The number of aliphatic carboxylic acids is 1. The topological polar surface area (TPSA) is 117 Å². The van der Waals surface area contributed by atoms with Gasteiger partial charge in [-0.05, 0) is 80.1 Å². The van der Waals surface area contributed by atoms with E-state index in [0.717, 1.165) is 84.2 Å². The molecule has 0 saturated heterocycles. The Morgan fingerprint density at radius 1 is 0.738 bits per heavy atom. The van der Waals surface area contributed by atoms with Crippen LogP contribution in [0.5, 0.6) is 5.75 Å². The summed E-state index contributed by atoms with van der Waals surface area (Å²) < 4.78 is 5.27. The maximum Gasteiger partial charge on any atom is 0.323 e. The number of rotatable bonds is 15. The number of unbranched alkanes of at least 4 members (excludes halogenated alkanes) is 6. The summed E-state index contributed by atoms with van der Waals surface area (Å²) >= 11 is 0. The molecule has 0 unspecified atom stereocenters. The smallest absolute Gasteiger partial charge is 0.323 e. The second-order valence-electron chi connectivity index (χ2n) is 10.7. The first-order chi connectivity index (χ1) is 20.2. The number of carbonyl (C=O) groups excluding carboxylic acids is 2. The molecule has 0 bridgehead atoms. The molecule has 0 aromatic heterocycles. The minimum Gasteiger partial charge on any atom is -0.497 e. The van der Waals surface area contributed by atoms with Crippen molar-refractivity contribution in [2.45, 2.75) is 72.1 Å². The molecule has 4 N–H and O–H groups in total. The van der Waals surface area contributed by atoms with Gasteiger partial charge in [0.15, 0.2) is 0 Å². The minimum absolute atomic E-state index is 0.233. The summed E-state index contributed by atoms with van der Waals surface area (Å²) in [7, 11) is 1.62. The summed E-state index contributed by atoms with van der Waals surface area (Å²) in [5.74, 6) is -0.242. The number of amides is 3. The first kappa shape index (κ1) is 32.2. The van der Waals surface area contributed by atoms with Crippen molar-refractivity contribution >= 4 is 29.3 Å². The third-order valence-corrected chi connectivity index (χ3v) is 7.20. The highest BCUT2D eigenvalue weighted by Gasteiger charge is 2.16. The maximum atomic E-state index is 13.2. The molecule has 0 aliphatic rings. The third-order valence-electron chi connectivity index (χ3n) is 7.20. The summed E-state index contributed by atoms with van der Waals surface area (Å²) in [5, 5.41) is 17.6. The van der Waals surface area contributed by atoms with E-state index in [4.69, 9.17) is 9.84 Å². The number of nitrogens with one attached hydrogen (secondary N) is 3. The Bertz CT molecular complexity index is 1350. The number of benzene rings is 3. The average Bonchev–Trinajstić information content (AvgIpc) is 2.95. The van der Waals surface area contributed by atoms with Gasteiger partial charge < -0.3 is 25.8 Å². The van der Waals surface area contributed by atoms with E-state index in [1.807, 2.05) is 69.3 Å². The van der Waals surface area contributed by atoms with Gasteiger partial charge in [0.25, 0.3) is 5.91 Å². The fourth-order valence-corrected chi connectivity index (χ4v) is 5.04. The second-order valence-corrected chi connectivity index (χ2v) is 10.7. The molecule has 3 rings (SSSR count). The normalized spacial score (nSPS) is 10.7. The van der Waals surface area contributed by atoms with Crippen molar-refractivity contribution in [3.63, 3.8) is 0 Å². The molecule has 3 amide bonds. The lowest BCUT2D eigenvalue weighted by Crippen LogP contribution is -2.27. The quantitative estimate of drug-likeness (QED) is 0.138. The van der Waals surface area contributed by atoms with Crippen molar-refractivity contribution in [2.24, 2.45) is 0 Å². The molecule has 0 fully saturated rings. The van der Waals surface area contributed by atoms with Crippen LogP contribution in [0.3, 0.4) is 0 Å². The molecular weight excluding hydrogens is 530 g/mol. The average molecular weight is 574 g/mol. The largest absolute Gasteiger partial charge is 0.497 e. The van der Waals surface area contributed by atoms with E-state index in [9.17, 15) is 14.4 Å². The SMILES string of the molecule is COc1ccc(-c2ccc(C(=O)NCCCCCCCCCC(=O)O)c(NC(=O)Nc3c(C)cc(C)cc3C)c2)cc1. The van der Waals surface area contributed by atoms with Crippen LogP contribution in [0, 0.1) is 20.8 Å². The fraction of sp³-hybridized carbons (Fsp3) is 0.382. The van der Waals surface area contributed by atoms with E-state index >= 15 is 0 Å². The molecule has 0 heterocycles. The Balaban J connectivity index is 1.66. The van der Waals surface area contributed by atoms with Crippen molar-refractivity contribution in [1.82, 2.24) is 5.32 Å². The van der Waals surface area contributed by atoms with Gasteiger partial charge in [0.2, 0.25) is 0 Å². The first-order valence-corrected chi connectivity index (χ1v) is 14.6. The number of aryl methyl sites for hydroxylation is 3. The Labute approximate surface area is 248 Å². The lowest BCUT2D eigenvalue weighted by Gasteiger charge is -2.16. The van der Waals surface area contributed by atoms with Gasteiger partial charge >= 0.3 is 12.0 Å². The zero-order valence-corrected chi connectivity index (χ0v) is 25.1. The Kier molecular flexibility index (Phi) is 12.4. The van der Waals surface area contributed by atoms with Gasteiger partial charge in [0.1, 0.15) is 5.75 Å². The van der Waals surface area contributed by atoms with Gasteiger partial charge in [-0.2, -0.15) is 0 Å². The molecular formula is C34H43N3O5. The van der Waals surface area contributed by atoms with Crippen molar-refractivity contribution in [3.05, 3.63) is 76.9 Å². The molecule has 8 nitrogen and oxygen atoms in total. The van der Waals surface area contributed by atoms with Gasteiger partial charge in [-0.15, -0.1) is 0 Å². The van der Waals surface area contributed by atoms with Crippen LogP contribution >= 0.6 is 0 Å². The highest BCUT2D eigenvalue weighted by molar-refractivity contribution is 6.07. The van der Waals surface area contributed by atoms with Crippen LogP contribution < -0.4 is 20.7 Å². The van der Waals surface area contributed by atoms with Crippen LogP contribution in [-0.4, -0.2) is 36.7 Å². The lowest BCUT2D eigenvalue weighted by atomic mass is 10.0. The molecule has 0 atom stereocenters. The molecule has 0 aliphatic carbocycles. The number of hydrogen-bond acceptors (Lipinski definition) is 4. The Morgan fingerprint density at radius 3 is 1.95 bits per heavy atom. The first-order valence-electron chi connectivity index (χ1n) is 14.6. The van der Waals surface area contributed by atoms with E-state index in [2.05, 4.69) is 16.0 Å². The number of anilines is 2.